The monoisotopic (exact) mass is 330 g/mol. The predicted octanol–water partition coefficient (Wildman–Crippen LogP) is 2.96. The van der Waals surface area contributed by atoms with E-state index in [0.29, 0.717) is 5.56 Å². The first kappa shape index (κ1) is 16.2. The van der Waals surface area contributed by atoms with Crippen LogP contribution in [0.15, 0.2) is 40.8 Å². The number of halogens is 1. The molecular formula is C18H19FN2O3. The van der Waals surface area contributed by atoms with Crippen molar-refractivity contribution in [2.24, 2.45) is 5.73 Å². The first-order valence-electron chi connectivity index (χ1n) is 8.00. The maximum absolute atomic E-state index is 13.8. The van der Waals surface area contributed by atoms with Gasteiger partial charge in [0.25, 0.3) is 5.91 Å². The van der Waals surface area contributed by atoms with E-state index in [9.17, 15) is 14.0 Å². The minimum atomic E-state index is -0.559. The first-order chi connectivity index (χ1) is 11.6. The third kappa shape index (κ3) is 3.32. The highest BCUT2D eigenvalue weighted by atomic mass is 19.1. The molecular weight excluding hydrogens is 311 g/mol. The van der Waals surface area contributed by atoms with Gasteiger partial charge in [-0.1, -0.05) is 25.0 Å². The Hall–Kier alpha value is -2.63. The molecule has 1 heterocycles. The van der Waals surface area contributed by atoms with Crippen LogP contribution in [-0.2, 0) is 4.79 Å². The molecule has 2 aromatic rings. The third-order valence-corrected chi connectivity index (χ3v) is 4.31. The van der Waals surface area contributed by atoms with Crippen LogP contribution in [0, 0.1) is 5.82 Å². The Kier molecular flexibility index (Phi) is 4.64. The third-order valence-electron chi connectivity index (χ3n) is 4.31. The average Bonchev–Trinajstić information content (AvgIpc) is 3.24. The molecule has 1 saturated carbocycles. The molecule has 1 aromatic heterocycles. The fraction of sp³-hybridized carbons (Fsp3) is 0.333. The largest absolute Gasteiger partial charge is 0.451 e. The lowest BCUT2D eigenvalue weighted by molar-refractivity contribution is -0.119. The zero-order valence-corrected chi connectivity index (χ0v) is 13.2. The quantitative estimate of drug-likeness (QED) is 0.915. The molecule has 3 rings (SSSR count). The number of carbonyl (C=O) groups excluding carboxylic acids is 2. The van der Waals surface area contributed by atoms with Gasteiger partial charge >= 0.3 is 0 Å². The SMILES string of the molecule is NC(=O)CN(C(=O)c1ccc(-c2ccccc2F)o1)C1CCCC1. The average molecular weight is 330 g/mol. The number of primary amides is 1. The lowest BCUT2D eigenvalue weighted by Gasteiger charge is -2.26. The van der Waals surface area contributed by atoms with Gasteiger partial charge in [-0.05, 0) is 37.1 Å². The zero-order valence-electron chi connectivity index (χ0n) is 13.2. The number of furan rings is 1. The number of hydrogen-bond donors (Lipinski definition) is 1. The van der Waals surface area contributed by atoms with E-state index < -0.39 is 11.7 Å². The van der Waals surface area contributed by atoms with Gasteiger partial charge < -0.3 is 15.1 Å². The fourth-order valence-corrected chi connectivity index (χ4v) is 3.15. The summed E-state index contributed by atoms with van der Waals surface area (Å²) in [5.74, 6) is -1.00. The van der Waals surface area contributed by atoms with E-state index in [1.807, 2.05) is 0 Å². The summed E-state index contributed by atoms with van der Waals surface area (Å²) in [6.45, 7) is -0.140. The Bertz CT molecular complexity index is 750. The predicted molar refractivity (Wildman–Crippen MR) is 86.6 cm³/mol. The van der Waals surface area contributed by atoms with Crippen LogP contribution in [0.3, 0.4) is 0 Å². The fourth-order valence-electron chi connectivity index (χ4n) is 3.15. The lowest BCUT2D eigenvalue weighted by Crippen LogP contribution is -2.44. The molecule has 0 bridgehead atoms. The van der Waals surface area contributed by atoms with Gasteiger partial charge in [-0.2, -0.15) is 0 Å². The highest BCUT2D eigenvalue weighted by Crippen LogP contribution is 2.28. The minimum Gasteiger partial charge on any atom is -0.451 e. The van der Waals surface area contributed by atoms with Gasteiger partial charge in [0.2, 0.25) is 5.91 Å². The smallest absolute Gasteiger partial charge is 0.290 e. The van der Waals surface area contributed by atoms with E-state index in [1.165, 1.54) is 17.0 Å². The highest BCUT2D eigenvalue weighted by Gasteiger charge is 2.30. The van der Waals surface area contributed by atoms with Crippen LogP contribution >= 0.6 is 0 Å². The maximum atomic E-state index is 13.8. The molecule has 1 aliphatic carbocycles. The second-order valence-corrected chi connectivity index (χ2v) is 5.98. The van der Waals surface area contributed by atoms with Crippen LogP contribution in [0.4, 0.5) is 4.39 Å². The van der Waals surface area contributed by atoms with Gasteiger partial charge in [0.15, 0.2) is 5.76 Å². The first-order valence-corrected chi connectivity index (χ1v) is 8.00. The molecule has 2 N–H and O–H groups in total. The van der Waals surface area contributed by atoms with Gasteiger partial charge in [0, 0.05) is 6.04 Å². The van der Waals surface area contributed by atoms with Gasteiger partial charge in [-0.3, -0.25) is 9.59 Å². The Morgan fingerprint density at radius 3 is 2.54 bits per heavy atom. The summed E-state index contributed by atoms with van der Waals surface area (Å²) >= 11 is 0. The lowest BCUT2D eigenvalue weighted by atomic mass is 10.1. The summed E-state index contributed by atoms with van der Waals surface area (Å²) in [6.07, 6.45) is 3.73. The zero-order chi connectivity index (χ0) is 17.1. The molecule has 0 saturated heterocycles. The summed E-state index contributed by atoms with van der Waals surface area (Å²) in [5.41, 5.74) is 5.57. The second-order valence-electron chi connectivity index (χ2n) is 5.98. The second kappa shape index (κ2) is 6.86. The summed E-state index contributed by atoms with van der Waals surface area (Å²) in [5, 5.41) is 0. The summed E-state index contributed by atoms with van der Waals surface area (Å²) in [7, 11) is 0. The van der Waals surface area contributed by atoms with Gasteiger partial charge in [-0.25, -0.2) is 4.39 Å². The Balaban J connectivity index is 1.85. The van der Waals surface area contributed by atoms with Crippen LogP contribution in [-0.4, -0.2) is 29.3 Å². The Labute approximate surface area is 139 Å². The van der Waals surface area contributed by atoms with Crippen molar-refractivity contribution in [1.29, 1.82) is 0 Å². The number of nitrogens with two attached hydrogens (primary N) is 1. The molecule has 0 spiro atoms. The standard InChI is InChI=1S/C18H19FN2O3/c19-14-8-4-3-7-13(14)15-9-10-16(24-15)18(23)21(11-17(20)22)12-5-1-2-6-12/h3-4,7-10,12H,1-2,5-6,11H2,(H2,20,22). The summed E-state index contributed by atoms with van der Waals surface area (Å²) in [4.78, 5) is 25.5. The van der Waals surface area contributed by atoms with E-state index in [1.54, 1.807) is 24.3 Å². The van der Waals surface area contributed by atoms with Crippen molar-refractivity contribution in [1.82, 2.24) is 4.90 Å². The normalized spacial score (nSPS) is 14.7. The van der Waals surface area contributed by atoms with E-state index in [-0.39, 0.29) is 30.0 Å². The number of benzene rings is 1. The van der Waals surface area contributed by atoms with Gasteiger partial charge in [0.1, 0.15) is 18.1 Å². The van der Waals surface area contributed by atoms with Crippen molar-refractivity contribution >= 4 is 11.8 Å². The van der Waals surface area contributed by atoms with E-state index in [2.05, 4.69) is 0 Å². The topological polar surface area (TPSA) is 76.5 Å². The molecule has 24 heavy (non-hydrogen) atoms. The number of amides is 2. The minimum absolute atomic E-state index is 0.00740. The van der Waals surface area contributed by atoms with Crippen molar-refractivity contribution in [3.8, 4) is 11.3 Å². The number of carbonyl (C=O) groups is 2. The molecule has 0 atom stereocenters. The van der Waals surface area contributed by atoms with Gasteiger partial charge in [-0.15, -0.1) is 0 Å². The molecule has 126 valence electrons. The number of nitrogens with zero attached hydrogens (tertiary/aromatic N) is 1. The summed E-state index contributed by atoms with van der Waals surface area (Å²) < 4.78 is 19.4. The van der Waals surface area contributed by atoms with Crippen molar-refractivity contribution in [2.75, 3.05) is 6.54 Å². The van der Waals surface area contributed by atoms with Crippen molar-refractivity contribution in [3.63, 3.8) is 0 Å². The van der Waals surface area contributed by atoms with E-state index >= 15 is 0 Å². The molecule has 1 aromatic carbocycles. The number of hydrogen-bond acceptors (Lipinski definition) is 3. The molecule has 2 amide bonds. The molecule has 0 unspecified atom stereocenters. The number of rotatable bonds is 5. The molecule has 5 nitrogen and oxygen atoms in total. The van der Waals surface area contributed by atoms with Crippen molar-refractivity contribution < 1.29 is 18.4 Å². The highest BCUT2D eigenvalue weighted by molar-refractivity contribution is 5.94. The Morgan fingerprint density at radius 1 is 1.17 bits per heavy atom. The van der Waals surface area contributed by atoms with Crippen LogP contribution in [0.1, 0.15) is 36.2 Å². The summed E-state index contributed by atoms with van der Waals surface area (Å²) in [6, 6.07) is 9.25. The molecule has 1 fully saturated rings. The molecule has 0 radical (unpaired) electrons. The Morgan fingerprint density at radius 2 is 1.88 bits per heavy atom. The van der Waals surface area contributed by atoms with Crippen molar-refractivity contribution in [3.05, 3.63) is 48.0 Å². The van der Waals surface area contributed by atoms with Crippen LogP contribution < -0.4 is 5.73 Å². The van der Waals surface area contributed by atoms with Crippen LogP contribution in [0.2, 0.25) is 0 Å². The van der Waals surface area contributed by atoms with E-state index in [4.69, 9.17) is 10.2 Å². The molecule has 6 heteroatoms. The van der Waals surface area contributed by atoms with Crippen LogP contribution in [0.25, 0.3) is 11.3 Å². The molecule has 0 aliphatic heterocycles. The van der Waals surface area contributed by atoms with E-state index in [0.717, 1.165) is 25.7 Å². The molecule has 1 aliphatic rings. The van der Waals surface area contributed by atoms with Gasteiger partial charge in [0.05, 0.1) is 5.56 Å². The maximum Gasteiger partial charge on any atom is 0.290 e. The van der Waals surface area contributed by atoms with Crippen LogP contribution in [0.5, 0.6) is 0 Å². The van der Waals surface area contributed by atoms with Crippen molar-refractivity contribution in [2.45, 2.75) is 31.7 Å².